The van der Waals surface area contributed by atoms with Crippen LogP contribution in [0.2, 0.25) is 0 Å². The molecule has 0 atom stereocenters. The summed E-state index contributed by atoms with van der Waals surface area (Å²) in [6.45, 7) is 14.0. The summed E-state index contributed by atoms with van der Waals surface area (Å²) in [6.07, 6.45) is 2.75. The van der Waals surface area contributed by atoms with E-state index in [1.54, 1.807) is 18.2 Å². The number of hydrogen-bond donors (Lipinski definition) is 2. The molecule has 3 N–H and O–H groups in total. The molecule has 0 heterocycles. The molecule has 3 aromatic carbocycles. The Morgan fingerprint density at radius 3 is 2.18 bits per heavy atom. The molecule has 0 radical (unpaired) electrons. The van der Waals surface area contributed by atoms with Gasteiger partial charge >= 0.3 is 5.97 Å². The summed E-state index contributed by atoms with van der Waals surface area (Å²) in [7, 11) is 0. The fourth-order valence-corrected chi connectivity index (χ4v) is 4.05. The van der Waals surface area contributed by atoms with Gasteiger partial charge in [0.1, 0.15) is 24.7 Å². The van der Waals surface area contributed by atoms with Crippen LogP contribution in [0.15, 0.2) is 72.8 Å². The Bertz CT molecular complexity index is 1230. The third-order valence-electron chi connectivity index (χ3n) is 6.59. The summed E-state index contributed by atoms with van der Waals surface area (Å²) in [6, 6.07) is 23.2. The Kier molecular flexibility index (Phi) is 17.3. The van der Waals surface area contributed by atoms with Crippen LogP contribution in [0.3, 0.4) is 0 Å². The summed E-state index contributed by atoms with van der Waals surface area (Å²) in [4.78, 5) is 27.6. The molecule has 8 heteroatoms. The molecule has 0 aliphatic heterocycles. The van der Waals surface area contributed by atoms with Gasteiger partial charge in [0.2, 0.25) is 5.91 Å². The number of nitrogens with one attached hydrogen (secondary N) is 1. The lowest BCUT2D eigenvalue weighted by Crippen LogP contribution is -2.27. The third kappa shape index (κ3) is 14.5. The van der Waals surface area contributed by atoms with Crippen LogP contribution in [0, 0.1) is 0 Å². The number of nitrogens with two attached hydrogens (primary N) is 1. The fraction of sp³-hybridized carbons (Fsp3) is 0.444. The maximum atomic E-state index is 12.8. The van der Waals surface area contributed by atoms with Crippen LogP contribution in [0.1, 0.15) is 75.4 Å². The van der Waals surface area contributed by atoms with E-state index in [1.807, 2.05) is 68.4 Å². The second-order valence-electron chi connectivity index (χ2n) is 10.8. The number of anilines is 1. The molecular weight excluding hydrogens is 554 g/mol. The minimum absolute atomic E-state index is 0.126. The smallest absolute Gasteiger partial charge is 0.338 e. The zero-order valence-corrected chi connectivity index (χ0v) is 27.1. The van der Waals surface area contributed by atoms with Crippen LogP contribution >= 0.6 is 0 Å². The lowest BCUT2D eigenvalue weighted by Gasteiger charge is -2.18. The van der Waals surface area contributed by atoms with Crippen molar-refractivity contribution in [1.29, 1.82) is 0 Å². The highest BCUT2D eigenvalue weighted by atomic mass is 16.5. The van der Waals surface area contributed by atoms with Crippen molar-refractivity contribution in [3.63, 3.8) is 0 Å². The first-order chi connectivity index (χ1) is 21.2. The van der Waals surface area contributed by atoms with E-state index >= 15 is 0 Å². The van der Waals surface area contributed by atoms with Gasteiger partial charge in [0.05, 0.1) is 17.9 Å². The Morgan fingerprint density at radius 2 is 1.55 bits per heavy atom. The fourth-order valence-electron chi connectivity index (χ4n) is 4.05. The molecule has 0 fully saturated rings. The molecule has 0 spiro atoms. The maximum absolute atomic E-state index is 12.8. The van der Waals surface area contributed by atoms with Crippen molar-refractivity contribution >= 4 is 17.6 Å². The molecule has 0 aromatic heterocycles. The van der Waals surface area contributed by atoms with Crippen LogP contribution in [0.4, 0.5) is 5.69 Å². The van der Waals surface area contributed by atoms with Gasteiger partial charge in [-0.3, -0.25) is 4.79 Å². The second kappa shape index (κ2) is 20.9. The Labute approximate surface area is 263 Å². The van der Waals surface area contributed by atoms with Crippen LogP contribution in [0.5, 0.6) is 11.5 Å². The van der Waals surface area contributed by atoms with Gasteiger partial charge in [0, 0.05) is 13.0 Å². The lowest BCUT2D eigenvalue weighted by atomic mass is 10.1. The van der Waals surface area contributed by atoms with Crippen LogP contribution in [-0.4, -0.2) is 55.7 Å². The SMILES string of the molecule is CC(C)N.CCCCOc1cc(C(=O)OCCN(CC)CC)ccc1NC(=O)CCc1ccc(OCc2ccccc2)cc1. The highest BCUT2D eigenvalue weighted by Crippen LogP contribution is 2.27. The van der Waals surface area contributed by atoms with Crippen molar-refractivity contribution in [1.82, 2.24) is 4.90 Å². The van der Waals surface area contributed by atoms with Crippen molar-refractivity contribution in [2.24, 2.45) is 5.73 Å². The highest BCUT2D eigenvalue weighted by Gasteiger charge is 2.15. The molecule has 1 amide bonds. The number of unbranched alkanes of at least 4 members (excludes halogenated alkanes) is 1. The van der Waals surface area contributed by atoms with Gasteiger partial charge in [-0.1, -0.05) is 83.5 Å². The Morgan fingerprint density at radius 1 is 0.864 bits per heavy atom. The first-order valence-electron chi connectivity index (χ1n) is 15.7. The van der Waals surface area contributed by atoms with Gasteiger partial charge in [0.25, 0.3) is 0 Å². The minimum Gasteiger partial charge on any atom is -0.491 e. The topological polar surface area (TPSA) is 103 Å². The second-order valence-corrected chi connectivity index (χ2v) is 10.8. The van der Waals surface area contributed by atoms with Gasteiger partial charge in [-0.15, -0.1) is 0 Å². The van der Waals surface area contributed by atoms with Gasteiger partial charge < -0.3 is 30.2 Å². The van der Waals surface area contributed by atoms with Crippen molar-refractivity contribution in [2.45, 2.75) is 73.0 Å². The van der Waals surface area contributed by atoms with Gasteiger partial charge in [-0.05, 0) is 73.4 Å². The predicted molar refractivity (Wildman–Crippen MR) is 178 cm³/mol. The molecule has 0 aliphatic carbocycles. The van der Waals surface area contributed by atoms with Crippen molar-refractivity contribution in [3.8, 4) is 11.5 Å². The Hall–Kier alpha value is -3.88. The zero-order valence-electron chi connectivity index (χ0n) is 27.1. The summed E-state index contributed by atoms with van der Waals surface area (Å²) < 4.78 is 17.2. The molecule has 3 aromatic rings. The predicted octanol–water partition coefficient (Wildman–Crippen LogP) is 6.87. The minimum atomic E-state index is -0.401. The molecule has 0 saturated heterocycles. The van der Waals surface area contributed by atoms with Crippen molar-refractivity contribution < 1.29 is 23.8 Å². The molecule has 44 heavy (non-hydrogen) atoms. The van der Waals surface area contributed by atoms with E-state index in [1.165, 1.54) is 0 Å². The first kappa shape index (κ1) is 36.3. The summed E-state index contributed by atoms with van der Waals surface area (Å²) in [5.74, 6) is 0.735. The average molecular weight is 606 g/mol. The summed E-state index contributed by atoms with van der Waals surface area (Å²) >= 11 is 0. The number of rotatable bonds is 17. The molecule has 0 unspecified atom stereocenters. The number of hydrogen-bond acceptors (Lipinski definition) is 7. The zero-order chi connectivity index (χ0) is 32.2. The summed E-state index contributed by atoms with van der Waals surface area (Å²) in [5.41, 5.74) is 8.22. The molecule has 240 valence electrons. The molecule has 0 bridgehead atoms. The largest absolute Gasteiger partial charge is 0.491 e. The number of ether oxygens (including phenoxy) is 3. The van der Waals surface area contributed by atoms with E-state index in [0.717, 1.165) is 42.8 Å². The number of aryl methyl sites for hydroxylation is 1. The Balaban J connectivity index is 0.00000159. The third-order valence-corrected chi connectivity index (χ3v) is 6.59. The summed E-state index contributed by atoms with van der Waals surface area (Å²) in [5, 5.41) is 2.95. The van der Waals surface area contributed by atoms with Gasteiger partial charge in [0.15, 0.2) is 0 Å². The number of esters is 1. The number of nitrogens with zero attached hydrogens (tertiary/aromatic N) is 1. The highest BCUT2D eigenvalue weighted by molar-refractivity contribution is 5.95. The lowest BCUT2D eigenvalue weighted by molar-refractivity contribution is -0.116. The van der Waals surface area contributed by atoms with Crippen molar-refractivity contribution in [3.05, 3.63) is 89.5 Å². The van der Waals surface area contributed by atoms with E-state index in [4.69, 9.17) is 19.9 Å². The van der Waals surface area contributed by atoms with Gasteiger partial charge in [-0.25, -0.2) is 4.79 Å². The number of likely N-dealkylation sites (N-methyl/N-ethyl adjacent to an activating group) is 1. The molecule has 0 saturated carbocycles. The molecule has 3 rings (SSSR count). The van der Waals surface area contributed by atoms with E-state index < -0.39 is 5.97 Å². The number of benzene rings is 3. The van der Waals surface area contributed by atoms with Crippen LogP contribution < -0.4 is 20.5 Å². The molecule has 0 aliphatic rings. The quantitative estimate of drug-likeness (QED) is 0.128. The van der Waals surface area contributed by atoms with E-state index in [9.17, 15) is 9.59 Å². The molecule has 8 nitrogen and oxygen atoms in total. The van der Waals surface area contributed by atoms with E-state index in [0.29, 0.717) is 62.2 Å². The van der Waals surface area contributed by atoms with E-state index in [2.05, 4.69) is 31.0 Å². The van der Waals surface area contributed by atoms with Gasteiger partial charge in [-0.2, -0.15) is 0 Å². The molecular formula is C36H51N3O5. The standard InChI is InChI=1S/C33H42N2O5.C3H9N/c1-4-7-22-38-31-24-28(33(37)39-23-21-35(5-2)6-3)16-19-30(31)34-32(36)20-15-26-13-17-29(18-14-26)40-25-27-11-9-8-10-12-27;1-3(2)4/h8-14,16-19,24H,4-7,15,20-23,25H2,1-3H3,(H,34,36);3H,4H2,1-2H3. The van der Waals surface area contributed by atoms with Crippen LogP contribution in [0.25, 0.3) is 0 Å². The maximum Gasteiger partial charge on any atom is 0.338 e. The monoisotopic (exact) mass is 605 g/mol. The average Bonchev–Trinajstić information content (AvgIpc) is 3.02. The van der Waals surface area contributed by atoms with E-state index in [-0.39, 0.29) is 5.91 Å². The van der Waals surface area contributed by atoms with Crippen molar-refractivity contribution in [2.75, 3.05) is 38.2 Å². The first-order valence-corrected chi connectivity index (χ1v) is 15.7. The number of carbonyl (C=O) groups is 2. The van der Waals surface area contributed by atoms with Crippen LogP contribution in [-0.2, 0) is 22.6 Å². The number of carbonyl (C=O) groups excluding carboxylic acids is 2. The number of amides is 1. The normalized spacial score (nSPS) is 10.6.